The Labute approximate surface area is 122 Å². The summed E-state index contributed by atoms with van der Waals surface area (Å²) in [7, 11) is 1.83. The van der Waals surface area contributed by atoms with E-state index in [1.807, 2.05) is 7.05 Å². The highest BCUT2D eigenvalue weighted by atomic mass is 16.3. The zero-order valence-corrected chi connectivity index (χ0v) is 13.0. The molecule has 1 amide bonds. The number of aliphatic hydroxyl groups is 1. The maximum absolute atomic E-state index is 12.8. The van der Waals surface area contributed by atoms with Crippen molar-refractivity contribution in [3.05, 3.63) is 0 Å². The highest BCUT2D eigenvalue weighted by Gasteiger charge is 2.43. The van der Waals surface area contributed by atoms with Crippen LogP contribution in [0.25, 0.3) is 0 Å². The molecule has 0 atom stereocenters. The van der Waals surface area contributed by atoms with Crippen LogP contribution in [0.1, 0.15) is 58.3 Å². The standard InChI is InChI=1S/C16H30N2O2/c1-13-5-9-15(11-17,10-6-13)14(19)18(2)12-16(20)7-3-4-8-16/h13,20H,3-12,17H2,1-2H3. The Hall–Kier alpha value is -0.610. The van der Waals surface area contributed by atoms with E-state index in [1.165, 1.54) is 0 Å². The molecule has 2 fully saturated rings. The average molecular weight is 282 g/mol. The minimum absolute atomic E-state index is 0.146. The van der Waals surface area contributed by atoms with E-state index < -0.39 is 5.60 Å². The van der Waals surface area contributed by atoms with Gasteiger partial charge in [0.05, 0.1) is 11.0 Å². The van der Waals surface area contributed by atoms with Crippen molar-refractivity contribution < 1.29 is 9.90 Å². The molecule has 2 rings (SSSR count). The SMILES string of the molecule is CC1CCC(CN)(C(=O)N(C)CC2(O)CCCC2)CC1. The van der Waals surface area contributed by atoms with Crippen molar-refractivity contribution in [2.75, 3.05) is 20.1 Å². The third-order valence-electron chi connectivity index (χ3n) is 5.49. The van der Waals surface area contributed by atoms with Crippen LogP contribution in [-0.2, 0) is 4.79 Å². The Morgan fingerprint density at radius 3 is 2.30 bits per heavy atom. The number of amides is 1. The lowest BCUT2D eigenvalue weighted by Crippen LogP contribution is -2.52. The lowest BCUT2D eigenvalue weighted by molar-refractivity contribution is -0.146. The van der Waals surface area contributed by atoms with Crippen LogP contribution in [0, 0.1) is 11.3 Å². The molecule has 3 N–H and O–H groups in total. The normalized spacial score (nSPS) is 33.1. The fourth-order valence-corrected chi connectivity index (χ4v) is 3.93. The maximum Gasteiger partial charge on any atom is 0.229 e. The van der Waals surface area contributed by atoms with Gasteiger partial charge in [-0.05, 0) is 44.4 Å². The topological polar surface area (TPSA) is 66.6 Å². The number of nitrogens with zero attached hydrogens (tertiary/aromatic N) is 1. The van der Waals surface area contributed by atoms with E-state index >= 15 is 0 Å². The molecule has 0 aromatic heterocycles. The number of hydrogen-bond donors (Lipinski definition) is 2. The summed E-state index contributed by atoms with van der Waals surface area (Å²) in [6, 6.07) is 0. The molecule has 0 aromatic carbocycles. The van der Waals surface area contributed by atoms with Gasteiger partial charge in [0, 0.05) is 20.1 Å². The molecule has 0 saturated heterocycles. The Morgan fingerprint density at radius 1 is 1.25 bits per heavy atom. The van der Waals surface area contributed by atoms with Gasteiger partial charge in [-0.15, -0.1) is 0 Å². The molecule has 20 heavy (non-hydrogen) atoms. The molecular formula is C16H30N2O2. The minimum Gasteiger partial charge on any atom is -0.388 e. The predicted molar refractivity (Wildman–Crippen MR) is 80.2 cm³/mol. The number of rotatable bonds is 4. The third kappa shape index (κ3) is 3.17. The average Bonchev–Trinajstić information content (AvgIpc) is 2.85. The summed E-state index contributed by atoms with van der Waals surface area (Å²) in [6.07, 6.45) is 7.73. The van der Waals surface area contributed by atoms with E-state index in [2.05, 4.69) is 6.92 Å². The summed E-state index contributed by atoms with van der Waals surface area (Å²) < 4.78 is 0. The molecule has 0 unspecified atom stereocenters. The maximum atomic E-state index is 12.8. The number of carbonyl (C=O) groups is 1. The molecule has 0 heterocycles. The lowest BCUT2D eigenvalue weighted by Gasteiger charge is -2.41. The molecule has 0 aromatic rings. The molecule has 0 radical (unpaired) electrons. The molecular weight excluding hydrogens is 252 g/mol. The second-order valence-electron chi connectivity index (χ2n) is 7.26. The highest BCUT2D eigenvalue weighted by molar-refractivity contribution is 5.83. The smallest absolute Gasteiger partial charge is 0.229 e. The quantitative estimate of drug-likeness (QED) is 0.827. The van der Waals surface area contributed by atoms with Crippen LogP contribution in [0.5, 0.6) is 0 Å². The van der Waals surface area contributed by atoms with Gasteiger partial charge in [0.25, 0.3) is 0 Å². The van der Waals surface area contributed by atoms with Crippen LogP contribution < -0.4 is 5.73 Å². The first-order chi connectivity index (χ1) is 9.41. The van der Waals surface area contributed by atoms with Crippen LogP contribution in [-0.4, -0.2) is 41.7 Å². The molecule has 2 saturated carbocycles. The molecule has 0 aliphatic heterocycles. The Bertz CT molecular complexity index is 342. The zero-order valence-electron chi connectivity index (χ0n) is 13.0. The van der Waals surface area contributed by atoms with Gasteiger partial charge in [0.1, 0.15) is 0 Å². The zero-order chi connectivity index (χ0) is 14.8. The molecule has 116 valence electrons. The molecule has 2 aliphatic rings. The highest BCUT2D eigenvalue weighted by Crippen LogP contribution is 2.40. The first kappa shape index (κ1) is 15.8. The molecule has 4 nitrogen and oxygen atoms in total. The third-order valence-corrected chi connectivity index (χ3v) is 5.49. The number of nitrogens with two attached hydrogens (primary N) is 1. The van der Waals surface area contributed by atoms with E-state index in [0.29, 0.717) is 19.0 Å². The monoisotopic (exact) mass is 282 g/mol. The van der Waals surface area contributed by atoms with Crippen molar-refractivity contribution in [1.29, 1.82) is 0 Å². The summed E-state index contributed by atoms with van der Waals surface area (Å²) >= 11 is 0. The molecule has 0 bridgehead atoms. The van der Waals surface area contributed by atoms with E-state index in [4.69, 9.17) is 5.73 Å². The Morgan fingerprint density at radius 2 is 1.80 bits per heavy atom. The fraction of sp³-hybridized carbons (Fsp3) is 0.938. The van der Waals surface area contributed by atoms with Crippen molar-refractivity contribution in [3.63, 3.8) is 0 Å². The number of carbonyl (C=O) groups excluding carboxylic acids is 1. The Balaban J connectivity index is 2.00. The van der Waals surface area contributed by atoms with Crippen LogP contribution in [0.3, 0.4) is 0 Å². The van der Waals surface area contributed by atoms with Gasteiger partial charge in [0.2, 0.25) is 5.91 Å². The lowest BCUT2D eigenvalue weighted by atomic mass is 9.70. The summed E-state index contributed by atoms with van der Waals surface area (Å²) in [5, 5.41) is 10.5. The van der Waals surface area contributed by atoms with Crippen molar-refractivity contribution in [1.82, 2.24) is 4.90 Å². The first-order valence-electron chi connectivity index (χ1n) is 8.09. The number of likely N-dealkylation sites (N-methyl/N-ethyl adjacent to an activating group) is 1. The van der Waals surface area contributed by atoms with E-state index in [1.54, 1.807) is 4.90 Å². The van der Waals surface area contributed by atoms with Crippen molar-refractivity contribution in [2.24, 2.45) is 17.1 Å². The van der Waals surface area contributed by atoms with Crippen molar-refractivity contribution >= 4 is 5.91 Å². The minimum atomic E-state index is -0.665. The predicted octanol–water partition coefficient (Wildman–Crippen LogP) is 1.91. The van der Waals surface area contributed by atoms with E-state index in [0.717, 1.165) is 51.4 Å². The van der Waals surface area contributed by atoms with E-state index in [9.17, 15) is 9.90 Å². The molecule has 4 heteroatoms. The molecule has 2 aliphatic carbocycles. The summed E-state index contributed by atoms with van der Waals surface area (Å²) in [5.41, 5.74) is 4.91. The van der Waals surface area contributed by atoms with Gasteiger partial charge in [-0.25, -0.2) is 0 Å². The van der Waals surface area contributed by atoms with Crippen LogP contribution in [0.4, 0.5) is 0 Å². The summed E-state index contributed by atoms with van der Waals surface area (Å²) in [4.78, 5) is 14.6. The second-order valence-corrected chi connectivity index (χ2v) is 7.26. The van der Waals surface area contributed by atoms with Crippen LogP contribution >= 0.6 is 0 Å². The first-order valence-corrected chi connectivity index (χ1v) is 8.09. The summed E-state index contributed by atoms with van der Waals surface area (Å²) in [5.74, 6) is 0.846. The second kappa shape index (κ2) is 6.02. The number of hydrogen-bond acceptors (Lipinski definition) is 3. The summed E-state index contributed by atoms with van der Waals surface area (Å²) in [6.45, 7) is 3.14. The molecule has 0 spiro atoms. The van der Waals surface area contributed by atoms with Crippen LogP contribution in [0.2, 0.25) is 0 Å². The van der Waals surface area contributed by atoms with Gasteiger partial charge in [-0.1, -0.05) is 19.8 Å². The largest absolute Gasteiger partial charge is 0.388 e. The van der Waals surface area contributed by atoms with Gasteiger partial charge >= 0.3 is 0 Å². The fourth-order valence-electron chi connectivity index (χ4n) is 3.93. The van der Waals surface area contributed by atoms with Crippen LogP contribution in [0.15, 0.2) is 0 Å². The van der Waals surface area contributed by atoms with Gasteiger partial charge in [-0.2, -0.15) is 0 Å². The van der Waals surface area contributed by atoms with Crippen molar-refractivity contribution in [3.8, 4) is 0 Å². The Kier molecular flexibility index (Phi) is 4.75. The van der Waals surface area contributed by atoms with Gasteiger partial charge in [0.15, 0.2) is 0 Å². The van der Waals surface area contributed by atoms with E-state index in [-0.39, 0.29) is 11.3 Å². The van der Waals surface area contributed by atoms with Gasteiger partial charge < -0.3 is 15.7 Å². The van der Waals surface area contributed by atoms with Crippen molar-refractivity contribution in [2.45, 2.75) is 63.9 Å². The van der Waals surface area contributed by atoms with Gasteiger partial charge in [-0.3, -0.25) is 4.79 Å².